The third-order valence-electron chi connectivity index (χ3n) is 18.2. The number of ether oxygens (including phenoxy) is 11. The Morgan fingerprint density at radius 1 is 0.899 bits per heavy atom. The number of likely N-dealkylation sites (N-methyl/N-ethyl adjacent to an activating group) is 1. The molecule has 22 atom stereocenters. The Bertz CT molecular complexity index is 2890. The van der Waals surface area contributed by atoms with E-state index in [9.17, 15) is 39.9 Å². The number of aliphatic hydroxyl groups is 5. The molecular weight excluding hydrogens is 1330 g/mol. The summed E-state index contributed by atoms with van der Waals surface area (Å²) < 4.78 is 68.5. The second-order valence-corrected chi connectivity index (χ2v) is 28.8. The zero-order valence-corrected chi connectivity index (χ0v) is 56.6. The minimum absolute atomic E-state index is 0.0402. The molecule has 1 spiro atoms. The molecule has 2 saturated carbocycles. The lowest BCUT2D eigenvalue weighted by atomic mass is 9.44. The minimum atomic E-state index is -1.73. The summed E-state index contributed by atoms with van der Waals surface area (Å²) in [5, 5.41) is 65.1. The number of hydrogen-bond donors (Lipinski definition) is 8. The SMILES string of the molecule is CCN[C@H]1CO[C@@H](O[C@H]2[C@H](O[C@H]3C#C/C=C(/C)C#CC45C(CC(C)=O)C(=O)C[C@]4(O)/C(=C/CSSC4CCNCC4)C35)O[C@H](C)[C@@H](NO[C@H]3C[C@H](O)[C@H](SC(=O)c4c(C)c(I)c(O[C@@H]5O[C@@H](C)[C@H](O)[C@@H](OC)[C@H]5O)c(OC)c4OC)[C@@H](C)O3)[C@@H]2O)C[C@@H]1OC. The van der Waals surface area contributed by atoms with Crippen LogP contribution in [0, 0.1) is 51.4 Å². The molecule has 7 fully saturated rings. The maximum absolute atomic E-state index is 14.5. The summed E-state index contributed by atoms with van der Waals surface area (Å²) >= 11 is 2.86. The molecule has 0 radical (unpaired) electrons. The van der Waals surface area contributed by atoms with Gasteiger partial charge in [-0.2, -0.15) is 5.48 Å². The highest BCUT2D eigenvalue weighted by molar-refractivity contribution is 14.1. The van der Waals surface area contributed by atoms with E-state index in [2.05, 4.69) is 39.8 Å². The monoisotopic (exact) mass is 1420 g/mol. The number of carbonyl (C=O) groups excluding carboxylic acids is 3. The summed E-state index contributed by atoms with van der Waals surface area (Å²) in [5.74, 6) is 11.3. The standard InChI is InChI=1S/C62H86IN3O20S3/c1-12-65-38-28-79-43(26-42(38)75-8)84-55-50(71)48(66-86-44-25-39(68)57(34(7)80-44)88-58(73)45-31(4)47(63)53(56(78-11)52(45)76-9)85-59-51(72)54(77-10)49(70)33(6)82-59)32(5)81-60(55)83-41-15-13-14-29(2)16-20-61-37(24-30(3)67)40(69)27-62(61,74)36(46(41)61)19-23-87-89-35-17-21-64-22-18-35/h14,19,32-35,37-39,41-44,46,48-51,54-55,57,59-60,64-66,68,70-72,74H,12,17-18,21-28H2,1-11H3/b29-14-,36-19+/t32-,33+,34-,37?,38+,39+,41+,42+,43+,44+,46?,48-,49+,50+,51-,54-,55-,57-,59+,60+,61?,62+/m1/s1. The van der Waals surface area contributed by atoms with Gasteiger partial charge in [0.2, 0.25) is 17.2 Å². The largest absolute Gasteiger partial charge is 0.492 e. The second-order valence-electron chi connectivity index (χ2n) is 23.9. The van der Waals surface area contributed by atoms with E-state index in [0.717, 1.165) is 37.7 Å². The van der Waals surface area contributed by atoms with Gasteiger partial charge in [0.25, 0.3) is 0 Å². The lowest BCUT2D eigenvalue weighted by Crippen LogP contribution is -2.69. The first kappa shape index (κ1) is 70.6. The van der Waals surface area contributed by atoms with Crippen molar-refractivity contribution in [2.75, 3.05) is 60.4 Å². The van der Waals surface area contributed by atoms with Crippen molar-refractivity contribution in [1.82, 2.24) is 16.1 Å². The smallest absolute Gasteiger partial charge is 0.229 e. The van der Waals surface area contributed by atoms with E-state index >= 15 is 0 Å². The number of methoxy groups -OCH3 is 4. The lowest BCUT2D eigenvalue weighted by molar-refractivity contribution is -0.342. The third kappa shape index (κ3) is 14.6. The van der Waals surface area contributed by atoms with E-state index in [0.29, 0.717) is 37.8 Å². The number of allylic oxidation sites excluding steroid dienone is 2. The van der Waals surface area contributed by atoms with Gasteiger partial charge in [-0.3, -0.25) is 14.4 Å². The molecule has 23 nitrogen and oxygen atoms in total. The highest BCUT2D eigenvalue weighted by Gasteiger charge is 2.78. The van der Waals surface area contributed by atoms with Gasteiger partial charge in [0.1, 0.15) is 53.8 Å². The molecule has 27 heteroatoms. The summed E-state index contributed by atoms with van der Waals surface area (Å²) in [5.41, 5.74) is 1.48. The van der Waals surface area contributed by atoms with Gasteiger partial charge in [0, 0.05) is 68.3 Å². The first-order valence-corrected chi connectivity index (χ1v) is 34.7. The predicted octanol–water partition coefficient (Wildman–Crippen LogP) is 3.66. The normalized spacial score (nSPS) is 39.9. The molecule has 5 saturated heterocycles. The van der Waals surface area contributed by atoms with Gasteiger partial charge in [-0.1, -0.05) is 70.0 Å². The number of piperidine rings is 1. The predicted molar refractivity (Wildman–Crippen MR) is 339 cm³/mol. The Morgan fingerprint density at radius 3 is 2.30 bits per heavy atom. The first-order chi connectivity index (χ1) is 42.5. The fraction of sp³-hybridized carbons (Fsp3) is 0.726. The van der Waals surface area contributed by atoms with Crippen LogP contribution in [-0.4, -0.2) is 223 Å². The summed E-state index contributed by atoms with van der Waals surface area (Å²) in [6, 6.07) is -1.18. The van der Waals surface area contributed by atoms with Crippen LogP contribution < -0.4 is 30.3 Å². The summed E-state index contributed by atoms with van der Waals surface area (Å²) in [6.07, 6.45) is -10.6. The van der Waals surface area contributed by atoms with Gasteiger partial charge in [-0.25, -0.2) is 0 Å². The molecule has 3 aliphatic carbocycles. The Labute approximate surface area is 546 Å². The summed E-state index contributed by atoms with van der Waals surface area (Å²) in [6.45, 7) is 14.7. The highest BCUT2D eigenvalue weighted by Crippen LogP contribution is 2.70. The van der Waals surface area contributed by atoms with Gasteiger partial charge >= 0.3 is 0 Å². The van der Waals surface area contributed by atoms with Crippen LogP contribution in [0.3, 0.4) is 0 Å². The first-order valence-electron chi connectivity index (χ1n) is 30.3. The van der Waals surface area contributed by atoms with Crippen LogP contribution in [0.1, 0.15) is 96.0 Å². The number of Topliss-reactive ketones (excluding diaryl/α,β-unsaturated/α-hetero) is 2. The number of nitrogens with one attached hydrogen (secondary N) is 3. The molecule has 5 heterocycles. The van der Waals surface area contributed by atoms with Crippen LogP contribution in [0.25, 0.3) is 0 Å². The Kier molecular flexibility index (Phi) is 24.5. The summed E-state index contributed by atoms with van der Waals surface area (Å²) in [7, 11) is 9.19. The van der Waals surface area contributed by atoms with Crippen LogP contribution in [-0.2, 0) is 52.3 Å². The van der Waals surface area contributed by atoms with Crippen LogP contribution >= 0.6 is 55.9 Å². The number of aliphatic hydroxyl groups excluding tert-OH is 4. The Hall–Kier alpha value is -2.67. The molecule has 494 valence electrons. The van der Waals surface area contributed by atoms with Crippen LogP contribution in [0.4, 0.5) is 0 Å². The highest BCUT2D eigenvalue weighted by atomic mass is 127. The van der Waals surface area contributed by atoms with Crippen molar-refractivity contribution in [1.29, 1.82) is 0 Å². The van der Waals surface area contributed by atoms with Gasteiger partial charge < -0.3 is 93.1 Å². The average Bonchev–Trinajstić information content (AvgIpc) is 1.57. The van der Waals surface area contributed by atoms with E-state index < -0.39 is 125 Å². The van der Waals surface area contributed by atoms with Crippen molar-refractivity contribution in [2.24, 2.45) is 17.3 Å². The molecule has 1 aromatic rings. The molecule has 8 N–H and O–H groups in total. The van der Waals surface area contributed by atoms with Gasteiger partial charge in [0.15, 0.2) is 30.4 Å². The quantitative estimate of drug-likeness (QED) is 0.0194. The van der Waals surface area contributed by atoms with Crippen molar-refractivity contribution in [3.8, 4) is 40.9 Å². The van der Waals surface area contributed by atoms with E-state index in [-0.39, 0.29) is 78.8 Å². The van der Waals surface area contributed by atoms with Crippen molar-refractivity contribution in [2.45, 2.75) is 207 Å². The van der Waals surface area contributed by atoms with Crippen molar-refractivity contribution < 1.29 is 96.9 Å². The van der Waals surface area contributed by atoms with Crippen LogP contribution in [0.15, 0.2) is 23.3 Å². The van der Waals surface area contributed by atoms with E-state index in [1.165, 1.54) is 28.3 Å². The molecule has 9 rings (SSSR count). The fourth-order valence-corrected chi connectivity index (χ4v) is 17.9. The number of halogens is 1. The van der Waals surface area contributed by atoms with E-state index in [1.54, 1.807) is 69.4 Å². The number of ketones is 2. The Morgan fingerprint density at radius 2 is 1.63 bits per heavy atom. The molecular formula is C62H86IN3O20S3. The molecule has 0 bridgehead atoms. The minimum Gasteiger partial charge on any atom is -0.492 e. The molecule has 3 unspecified atom stereocenters. The topological polar surface area (TPSA) is 299 Å². The van der Waals surface area contributed by atoms with Crippen LogP contribution in [0.5, 0.6) is 17.2 Å². The second kappa shape index (κ2) is 30.8. The summed E-state index contributed by atoms with van der Waals surface area (Å²) in [4.78, 5) is 48.0. The molecule has 89 heavy (non-hydrogen) atoms. The fourth-order valence-electron chi connectivity index (χ4n) is 13.5. The molecule has 8 aliphatic rings. The van der Waals surface area contributed by atoms with Crippen molar-refractivity contribution in [3.63, 3.8) is 0 Å². The van der Waals surface area contributed by atoms with Crippen molar-refractivity contribution in [3.05, 3.63) is 38.0 Å². The molecule has 0 amide bonds. The maximum atomic E-state index is 14.5. The zero-order valence-electron chi connectivity index (χ0n) is 52.0. The molecule has 5 aliphatic heterocycles. The number of benzene rings is 1. The van der Waals surface area contributed by atoms with Gasteiger partial charge in [-0.05, 0) is 114 Å². The lowest BCUT2D eigenvalue weighted by Gasteiger charge is -2.60. The van der Waals surface area contributed by atoms with E-state index in [1.807, 2.05) is 35.6 Å². The number of hydroxylamine groups is 1. The number of rotatable bonds is 23. The third-order valence-corrected chi connectivity index (χ3v) is 23.7. The van der Waals surface area contributed by atoms with Gasteiger partial charge in [-0.15, -0.1) is 0 Å². The number of carbonyl (C=O) groups is 3. The number of hydrogen-bond acceptors (Lipinski definition) is 26. The maximum Gasteiger partial charge on any atom is 0.229 e. The van der Waals surface area contributed by atoms with Crippen LogP contribution in [0.2, 0.25) is 0 Å². The molecule has 0 aromatic heterocycles. The average molecular weight is 1420 g/mol. The van der Waals surface area contributed by atoms with Crippen molar-refractivity contribution >= 4 is 72.6 Å². The molecule has 1 aromatic carbocycles. The zero-order chi connectivity index (χ0) is 64.2. The number of thioether (sulfide) groups is 1. The van der Waals surface area contributed by atoms with Gasteiger partial charge in [0.05, 0.1) is 83.2 Å². The van der Waals surface area contributed by atoms with E-state index in [4.69, 9.17) is 56.9 Å². The Balaban J connectivity index is 0.939.